The Morgan fingerprint density at radius 3 is 2.90 bits per heavy atom. The fourth-order valence-electron chi connectivity index (χ4n) is 2.70. The van der Waals surface area contributed by atoms with Crippen LogP contribution in [0.15, 0.2) is 12.5 Å². The normalized spacial score (nSPS) is 17.2. The summed E-state index contributed by atoms with van der Waals surface area (Å²) in [6.07, 6.45) is 4.56. The molecule has 0 spiro atoms. The molecule has 1 aliphatic heterocycles. The highest BCUT2D eigenvalue weighted by Crippen LogP contribution is 2.27. The van der Waals surface area contributed by atoms with Crippen LogP contribution in [0.1, 0.15) is 35.8 Å². The van der Waals surface area contributed by atoms with Crippen molar-refractivity contribution in [1.82, 2.24) is 24.5 Å². The molecule has 2 aromatic rings. The minimum atomic E-state index is -0.719. The first-order valence-electron chi connectivity index (χ1n) is 6.71. The van der Waals surface area contributed by atoms with E-state index in [2.05, 4.69) is 15.1 Å². The third-order valence-electron chi connectivity index (χ3n) is 3.75. The van der Waals surface area contributed by atoms with Gasteiger partial charge in [0.05, 0.1) is 29.9 Å². The van der Waals surface area contributed by atoms with E-state index in [4.69, 9.17) is 0 Å². The molecule has 1 fully saturated rings. The predicted octanol–water partition coefficient (Wildman–Crippen LogP) is 0.420. The van der Waals surface area contributed by atoms with Crippen LogP contribution in [0.3, 0.4) is 0 Å². The van der Waals surface area contributed by atoms with E-state index in [1.54, 1.807) is 9.42 Å². The molecular weight excluding hydrogens is 258 g/mol. The molecule has 0 bridgehead atoms. The molecule has 2 aromatic heterocycles. The smallest absolute Gasteiger partial charge is 0.257 e. The zero-order valence-electron chi connectivity index (χ0n) is 11.6. The van der Waals surface area contributed by atoms with Gasteiger partial charge in [-0.05, 0) is 13.3 Å². The van der Waals surface area contributed by atoms with Crippen molar-refractivity contribution in [3.8, 4) is 0 Å². The van der Waals surface area contributed by atoms with Crippen LogP contribution in [-0.2, 0) is 0 Å². The number of carbonyl (C=O) groups is 1. The van der Waals surface area contributed by atoms with Crippen molar-refractivity contribution in [3.63, 3.8) is 0 Å². The summed E-state index contributed by atoms with van der Waals surface area (Å²) in [5, 5.41) is 14.2. The zero-order valence-corrected chi connectivity index (χ0v) is 11.6. The van der Waals surface area contributed by atoms with Gasteiger partial charge in [-0.2, -0.15) is 10.1 Å². The number of fused-ring (bicyclic) bond motifs is 1. The highest BCUT2D eigenvalue weighted by atomic mass is 16.3. The van der Waals surface area contributed by atoms with Crippen LogP contribution in [0.5, 0.6) is 0 Å². The molecule has 1 amide bonds. The van der Waals surface area contributed by atoms with Crippen molar-refractivity contribution in [1.29, 1.82) is 0 Å². The predicted molar refractivity (Wildman–Crippen MR) is 71.3 cm³/mol. The Bertz CT molecular complexity index is 660. The number of aromatic nitrogens is 4. The van der Waals surface area contributed by atoms with Crippen LogP contribution in [-0.4, -0.2) is 54.2 Å². The molecule has 0 atom stereocenters. The number of amides is 1. The summed E-state index contributed by atoms with van der Waals surface area (Å²) in [4.78, 5) is 22.2. The van der Waals surface area contributed by atoms with Crippen LogP contribution in [0.2, 0.25) is 0 Å². The third-order valence-corrected chi connectivity index (χ3v) is 3.75. The molecule has 1 aliphatic rings. The Morgan fingerprint density at radius 2 is 2.20 bits per heavy atom. The van der Waals surface area contributed by atoms with Crippen LogP contribution < -0.4 is 0 Å². The fourth-order valence-corrected chi connectivity index (χ4v) is 2.70. The van der Waals surface area contributed by atoms with Crippen LogP contribution in [0.25, 0.3) is 5.78 Å². The van der Waals surface area contributed by atoms with Gasteiger partial charge >= 0.3 is 0 Å². The van der Waals surface area contributed by atoms with Gasteiger partial charge in [-0.1, -0.05) is 13.3 Å². The monoisotopic (exact) mass is 275 g/mol. The van der Waals surface area contributed by atoms with Crippen molar-refractivity contribution in [2.24, 2.45) is 0 Å². The molecule has 1 saturated heterocycles. The van der Waals surface area contributed by atoms with E-state index in [0.717, 1.165) is 12.8 Å². The minimum Gasteiger partial charge on any atom is -0.386 e. The number of aliphatic hydroxyl groups is 1. The van der Waals surface area contributed by atoms with E-state index >= 15 is 0 Å². The molecule has 3 heterocycles. The van der Waals surface area contributed by atoms with Gasteiger partial charge in [0.25, 0.3) is 11.7 Å². The summed E-state index contributed by atoms with van der Waals surface area (Å²) < 4.78 is 1.55. The maximum atomic E-state index is 12.4. The second kappa shape index (κ2) is 4.52. The van der Waals surface area contributed by atoms with Crippen molar-refractivity contribution in [3.05, 3.63) is 23.8 Å². The first-order valence-corrected chi connectivity index (χ1v) is 6.71. The van der Waals surface area contributed by atoms with Gasteiger partial charge in [0.15, 0.2) is 0 Å². The standard InChI is InChI=1S/C13H17N5O2/c1-3-4-13(20)6-17(7-13)11(19)10-5-14-12-15-8-16-18(12)9(10)2/h5,8,20H,3-4,6-7H2,1-2H3. The zero-order chi connectivity index (χ0) is 14.3. The molecular formula is C13H17N5O2. The van der Waals surface area contributed by atoms with Crippen LogP contribution in [0.4, 0.5) is 0 Å². The van der Waals surface area contributed by atoms with E-state index in [0.29, 0.717) is 30.1 Å². The second-order valence-corrected chi connectivity index (χ2v) is 5.36. The molecule has 0 aliphatic carbocycles. The first kappa shape index (κ1) is 13.0. The molecule has 106 valence electrons. The van der Waals surface area contributed by atoms with Crippen LogP contribution >= 0.6 is 0 Å². The highest BCUT2D eigenvalue weighted by Gasteiger charge is 2.43. The maximum absolute atomic E-state index is 12.4. The van der Waals surface area contributed by atoms with E-state index in [1.807, 2.05) is 13.8 Å². The van der Waals surface area contributed by atoms with Gasteiger partial charge in [-0.15, -0.1) is 0 Å². The van der Waals surface area contributed by atoms with Crippen molar-refractivity contribution >= 4 is 11.7 Å². The van der Waals surface area contributed by atoms with Gasteiger partial charge < -0.3 is 10.0 Å². The number of likely N-dealkylation sites (tertiary alicyclic amines) is 1. The quantitative estimate of drug-likeness (QED) is 0.877. The average Bonchev–Trinajstić information content (AvgIpc) is 2.85. The average molecular weight is 275 g/mol. The Kier molecular flexibility index (Phi) is 2.93. The summed E-state index contributed by atoms with van der Waals surface area (Å²) in [5.74, 6) is 0.360. The lowest BCUT2D eigenvalue weighted by Crippen LogP contribution is -2.63. The summed E-state index contributed by atoms with van der Waals surface area (Å²) >= 11 is 0. The van der Waals surface area contributed by atoms with Gasteiger partial charge in [0.2, 0.25) is 0 Å². The molecule has 7 heteroatoms. The van der Waals surface area contributed by atoms with Crippen molar-refractivity contribution in [2.75, 3.05) is 13.1 Å². The Morgan fingerprint density at radius 1 is 1.45 bits per heavy atom. The topological polar surface area (TPSA) is 83.6 Å². The van der Waals surface area contributed by atoms with Crippen molar-refractivity contribution in [2.45, 2.75) is 32.3 Å². The van der Waals surface area contributed by atoms with Crippen LogP contribution in [0, 0.1) is 6.92 Å². The maximum Gasteiger partial charge on any atom is 0.257 e. The van der Waals surface area contributed by atoms with Crippen molar-refractivity contribution < 1.29 is 9.90 Å². The van der Waals surface area contributed by atoms with Gasteiger partial charge in [-0.3, -0.25) is 4.79 Å². The van der Waals surface area contributed by atoms with E-state index in [9.17, 15) is 9.90 Å². The Labute approximate surface area is 116 Å². The fraction of sp³-hybridized carbons (Fsp3) is 0.538. The number of hydrogen-bond donors (Lipinski definition) is 1. The van der Waals surface area contributed by atoms with E-state index in [-0.39, 0.29) is 5.91 Å². The molecule has 7 nitrogen and oxygen atoms in total. The number of β-amino-alcohol motifs (C(OH)–C–C–N with tert-alkyl or cyclic N) is 1. The third kappa shape index (κ3) is 1.94. The molecule has 0 saturated carbocycles. The van der Waals surface area contributed by atoms with E-state index in [1.165, 1.54) is 12.5 Å². The molecule has 1 N–H and O–H groups in total. The molecule has 0 unspecified atom stereocenters. The van der Waals surface area contributed by atoms with Gasteiger partial charge in [0, 0.05) is 6.20 Å². The second-order valence-electron chi connectivity index (χ2n) is 5.36. The summed E-state index contributed by atoms with van der Waals surface area (Å²) in [6.45, 7) is 4.60. The molecule has 0 radical (unpaired) electrons. The lowest BCUT2D eigenvalue weighted by atomic mass is 9.89. The number of nitrogens with zero attached hydrogens (tertiary/aromatic N) is 5. The highest BCUT2D eigenvalue weighted by molar-refractivity contribution is 5.95. The molecule has 0 aromatic carbocycles. The summed E-state index contributed by atoms with van der Waals surface area (Å²) in [6, 6.07) is 0. The molecule has 3 rings (SSSR count). The number of carbonyl (C=O) groups excluding carboxylic acids is 1. The number of hydrogen-bond acceptors (Lipinski definition) is 5. The lowest BCUT2D eigenvalue weighted by Gasteiger charge is -2.46. The molecule has 20 heavy (non-hydrogen) atoms. The number of rotatable bonds is 3. The van der Waals surface area contributed by atoms with E-state index < -0.39 is 5.60 Å². The largest absolute Gasteiger partial charge is 0.386 e. The van der Waals surface area contributed by atoms with Gasteiger partial charge in [-0.25, -0.2) is 9.50 Å². The van der Waals surface area contributed by atoms with Gasteiger partial charge in [0.1, 0.15) is 6.33 Å². The first-order chi connectivity index (χ1) is 9.54. The SMILES string of the molecule is CCCC1(O)CN(C(=O)c2cnc3ncnn3c2C)C1. The Balaban J connectivity index is 1.82. The number of aryl methyl sites for hydroxylation is 1. The summed E-state index contributed by atoms with van der Waals surface area (Å²) in [7, 11) is 0. The summed E-state index contributed by atoms with van der Waals surface area (Å²) in [5.41, 5.74) is 0.494. The minimum absolute atomic E-state index is 0.117. The lowest BCUT2D eigenvalue weighted by molar-refractivity contribution is -0.0860. The Hall–Kier alpha value is -2.02.